The van der Waals surface area contributed by atoms with Crippen molar-refractivity contribution in [1.29, 1.82) is 0 Å². The van der Waals surface area contributed by atoms with Gasteiger partial charge in [0.2, 0.25) is 5.91 Å². The van der Waals surface area contributed by atoms with E-state index < -0.39 is 0 Å². The largest absolute Gasteiger partial charge is 0.357 e. The van der Waals surface area contributed by atoms with Crippen molar-refractivity contribution in [3.63, 3.8) is 0 Å². The van der Waals surface area contributed by atoms with Gasteiger partial charge in [0.05, 0.1) is 6.54 Å². The first-order valence-corrected chi connectivity index (χ1v) is 8.37. The van der Waals surface area contributed by atoms with Crippen LogP contribution < -0.4 is 16.0 Å². The first-order chi connectivity index (χ1) is 10.2. The minimum absolute atomic E-state index is 0.0781. The molecule has 0 aromatic carbocycles. The van der Waals surface area contributed by atoms with Crippen LogP contribution in [0.1, 0.15) is 37.1 Å². The number of nitrogens with zero attached hydrogens (tertiary/aromatic N) is 1. The molecule has 0 fully saturated rings. The summed E-state index contributed by atoms with van der Waals surface area (Å²) < 4.78 is 0. The number of carbonyl (C=O) groups excluding carboxylic acids is 1. The molecular weight excluding hydrogens is 284 g/mol. The SMILES string of the molecule is CCCNC(=O)CCNC(=NCc1sccc1C)NCC. The molecule has 1 rings (SSSR count). The van der Waals surface area contributed by atoms with Gasteiger partial charge in [-0.2, -0.15) is 0 Å². The van der Waals surface area contributed by atoms with Crippen LogP contribution in [0.2, 0.25) is 0 Å². The molecule has 0 aliphatic heterocycles. The first-order valence-electron chi connectivity index (χ1n) is 7.49. The Labute approximate surface area is 131 Å². The maximum atomic E-state index is 11.5. The van der Waals surface area contributed by atoms with Crippen LogP contribution in [0.4, 0.5) is 0 Å². The van der Waals surface area contributed by atoms with Crippen molar-refractivity contribution in [3.8, 4) is 0 Å². The average Bonchev–Trinajstić information content (AvgIpc) is 2.88. The molecule has 0 spiro atoms. The Bertz CT molecular complexity index is 456. The zero-order valence-corrected chi connectivity index (χ0v) is 14.0. The van der Waals surface area contributed by atoms with Gasteiger partial charge >= 0.3 is 0 Å². The van der Waals surface area contributed by atoms with Crippen LogP contribution in [0.25, 0.3) is 0 Å². The summed E-state index contributed by atoms with van der Waals surface area (Å²) in [5.74, 6) is 0.836. The number of aryl methyl sites for hydroxylation is 1. The second-order valence-corrected chi connectivity index (χ2v) is 5.75. The van der Waals surface area contributed by atoms with E-state index in [1.807, 2.05) is 13.8 Å². The molecule has 21 heavy (non-hydrogen) atoms. The van der Waals surface area contributed by atoms with Gasteiger partial charge in [0.1, 0.15) is 0 Å². The topological polar surface area (TPSA) is 65.5 Å². The lowest BCUT2D eigenvalue weighted by molar-refractivity contribution is -0.120. The Balaban J connectivity index is 2.39. The molecule has 0 unspecified atom stereocenters. The zero-order valence-electron chi connectivity index (χ0n) is 13.2. The van der Waals surface area contributed by atoms with Gasteiger partial charge in [0.25, 0.3) is 0 Å². The van der Waals surface area contributed by atoms with Gasteiger partial charge in [0.15, 0.2) is 5.96 Å². The highest BCUT2D eigenvalue weighted by Crippen LogP contribution is 2.16. The normalized spacial score (nSPS) is 11.3. The molecule has 5 nitrogen and oxygen atoms in total. The van der Waals surface area contributed by atoms with Crippen LogP contribution in [0, 0.1) is 6.92 Å². The Morgan fingerprint density at radius 3 is 2.67 bits per heavy atom. The van der Waals surface area contributed by atoms with E-state index in [0.717, 1.165) is 25.5 Å². The van der Waals surface area contributed by atoms with Crippen molar-refractivity contribution in [2.24, 2.45) is 4.99 Å². The number of rotatable bonds is 8. The molecule has 1 aromatic heterocycles. The monoisotopic (exact) mass is 310 g/mol. The summed E-state index contributed by atoms with van der Waals surface area (Å²) in [5.41, 5.74) is 1.28. The predicted octanol–water partition coefficient (Wildman–Crippen LogP) is 2.03. The van der Waals surface area contributed by atoms with Crippen LogP contribution in [-0.4, -0.2) is 31.5 Å². The second-order valence-electron chi connectivity index (χ2n) is 4.75. The minimum atomic E-state index is 0.0781. The van der Waals surface area contributed by atoms with E-state index in [0.29, 0.717) is 19.5 Å². The molecule has 3 N–H and O–H groups in total. The number of hydrogen-bond donors (Lipinski definition) is 3. The Morgan fingerprint density at radius 2 is 2.05 bits per heavy atom. The lowest BCUT2D eigenvalue weighted by Gasteiger charge is -2.11. The smallest absolute Gasteiger partial charge is 0.221 e. The van der Waals surface area contributed by atoms with Crippen LogP contribution in [0.15, 0.2) is 16.4 Å². The molecule has 6 heteroatoms. The maximum absolute atomic E-state index is 11.5. The van der Waals surface area contributed by atoms with E-state index in [4.69, 9.17) is 0 Å². The number of nitrogens with one attached hydrogen (secondary N) is 3. The van der Waals surface area contributed by atoms with Crippen LogP contribution in [-0.2, 0) is 11.3 Å². The molecule has 1 heterocycles. The molecule has 0 saturated heterocycles. The molecule has 0 atom stereocenters. The summed E-state index contributed by atoms with van der Waals surface area (Å²) in [6.07, 6.45) is 1.42. The van der Waals surface area contributed by atoms with Crippen molar-refractivity contribution >= 4 is 23.2 Å². The summed E-state index contributed by atoms with van der Waals surface area (Å²) in [7, 11) is 0. The number of carbonyl (C=O) groups is 1. The highest BCUT2D eigenvalue weighted by molar-refractivity contribution is 7.10. The van der Waals surface area contributed by atoms with Crippen LogP contribution >= 0.6 is 11.3 Å². The standard InChI is InChI=1S/C15H26N4OS/c1-4-8-17-14(20)6-9-18-15(16-5-2)19-11-13-12(3)7-10-21-13/h7,10H,4-6,8-9,11H2,1-3H3,(H,17,20)(H2,16,18,19). The van der Waals surface area contributed by atoms with Gasteiger partial charge in [-0.25, -0.2) is 4.99 Å². The lowest BCUT2D eigenvalue weighted by Crippen LogP contribution is -2.39. The maximum Gasteiger partial charge on any atom is 0.221 e. The molecule has 0 radical (unpaired) electrons. The number of aliphatic imine (C=N–C) groups is 1. The fourth-order valence-corrected chi connectivity index (χ4v) is 2.54. The van der Waals surface area contributed by atoms with Crippen molar-refractivity contribution in [2.75, 3.05) is 19.6 Å². The highest BCUT2D eigenvalue weighted by Gasteiger charge is 2.03. The third kappa shape index (κ3) is 7.13. The van der Waals surface area contributed by atoms with Crippen LogP contribution in [0.3, 0.4) is 0 Å². The summed E-state index contributed by atoms with van der Waals surface area (Å²) in [5, 5.41) is 11.3. The minimum Gasteiger partial charge on any atom is -0.357 e. The van der Waals surface area contributed by atoms with Gasteiger partial charge in [-0.05, 0) is 37.3 Å². The van der Waals surface area contributed by atoms with Gasteiger partial charge < -0.3 is 16.0 Å². The van der Waals surface area contributed by atoms with Gasteiger partial charge in [-0.3, -0.25) is 4.79 Å². The summed E-state index contributed by atoms with van der Waals surface area (Å²) in [6.45, 7) is 8.97. The molecule has 0 saturated carbocycles. The molecule has 0 aliphatic rings. The quantitative estimate of drug-likeness (QED) is 0.508. The zero-order chi connectivity index (χ0) is 15.5. The fourth-order valence-electron chi connectivity index (χ4n) is 1.71. The summed E-state index contributed by atoms with van der Waals surface area (Å²) in [6, 6.07) is 2.11. The Kier molecular flexibility index (Phi) is 8.50. The number of thiophene rings is 1. The third-order valence-electron chi connectivity index (χ3n) is 2.91. The number of guanidine groups is 1. The van der Waals surface area contributed by atoms with Crippen molar-refractivity contribution in [1.82, 2.24) is 16.0 Å². The van der Waals surface area contributed by atoms with Crippen molar-refractivity contribution in [3.05, 3.63) is 21.9 Å². The van der Waals surface area contributed by atoms with E-state index in [1.165, 1.54) is 10.4 Å². The summed E-state index contributed by atoms with van der Waals surface area (Å²) in [4.78, 5) is 17.3. The molecule has 0 aliphatic carbocycles. The van der Waals surface area contributed by atoms with Gasteiger partial charge in [-0.15, -0.1) is 11.3 Å². The fraction of sp³-hybridized carbons (Fsp3) is 0.600. The van der Waals surface area contributed by atoms with Gasteiger partial charge in [0, 0.05) is 30.9 Å². The van der Waals surface area contributed by atoms with Gasteiger partial charge in [-0.1, -0.05) is 6.92 Å². The molecule has 0 bridgehead atoms. The van der Waals surface area contributed by atoms with E-state index in [-0.39, 0.29) is 5.91 Å². The van der Waals surface area contributed by atoms with Crippen molar-refractivity contribution in [2.45, 2.75) is 40.2 Å². The molecule has 1 amide bonds. The van der Waals surface area contributed by atoms with Crippen LogP contribution in [0.5, 0.6) is 0 Å². The van der Waals surface area contributed by atoms with E-state index in [1.54, 1.807) is 11.3 Å². The highest BCUT2D eigenvalue weighted by atomic mass is 32.1. The average molecular weight is 310 g/mol. The molecule has 118 valence electrons. The molecular formula is C15H26N4OS. The Hall–Kier alpha value is -1.56. The first kappa shape index (κ1) is 17.5. The van der Waals surface area contributed by atoms with E-state index >= 15 is 0 Å². The van der Waals surface area contributed by atoms with E-state index in [9.17, 15) is 4.79 Å². The number of amides is 1. The lowest BCUT2D eigenvalue weighted by atomic mass is 10.3. The Morgan fingerprint density at radius 1 is 1.24 bits per heavy atom. The van der Waals surface area contributed by atoms with E-state index in [2.05, 4.69) is 39.3 Å². The predicted molar refractivity (Wildman–Crippen MR) is 89.8 cm³/mol. The van der Waals surface area contributed by atoms with Crippen molar-refractivity contribution < 1.29 is 4.79 Å². The third-order valence-corrected chi connectivity index (χ3v) is 3.92. The number of hydrogen-bond acceptors (Lipinski definition) is 3. The second kappa shape index (κ2) is 10.2. The molecule has 1 aromatic rings. The summed E-state index contributed by atoms with van der Waals surface area (Å²) >= 11 is 1.72.